The summed E-state index contributed by atoms with van der Waals surface area (Å²) >= 11 is 0. The first-order valence-corrected chi connectivity index (χ1v) is 6.46. The van der Waals surface area contributed by atoms with Crippen molar-refractivity contribution in [2.75, 3.05) is 53.4 Å². The molecule has 4 nitrogen and oxygen atoms in total. The molecule has 2 fully saturated rings. The molecule has 0 aliphatic carbocycles. The van der Waals surface area contributed by atoms with E-state index in [1.54, 1.807) is 0 Å². The Morgan fingerprint density at radius 1 is 1.44 bits per heavy atom. The minimum Gasteiger partial charge on any atom is -0.377 e. The van der Waals surface area contributed by atoms with Gasteiger partial charge in [0.1, 0.15) is 0 Å². The van der Waals surface area contributed by atoms with E-state index in [4.69, 9.17) is 4.74 Å². The molecule has 2 aliphatic heterocycles. The lowest BCUT2D eigenvalue weighted by molar-refractivity contribution is 0.0604. The van der Waals surface area contributed by atoms with Crippen LogP contribution in [0, 0.1) is 0 Å². The Bertz CT molecular complexity index is 204. The Kier molecular flexibility index (Phi) is 4.58. The highest BCUT2D eigenvalue weighted by Crippen LogP contribution is 2.14. The van der Waals surface area contributed by atoms with E-state index < -0.39 is 0 Å². The summed E-state index contributed by atoms with van der Waals surface area (Å²) in [6.07, 6.45) is 3.00. The Morgan fingerprint density at radius 2 is 2.31 bits per heavy atom. The summed E-state index contributed by atoms with van der Waals surface area (Å²) in [5.74, 6) is 0. The van der Waals surface area contributed by atoms with Crippen LogP contribution in [0.5, 0.6) is 0 Å². The maximum atomic E-state index is 5.70. The standard InChI is InChI=1S/C12H25N3O/c1-14(2)8-11-9-15(6-5-13-11)10-12-4-3-7-16-12/h11-13H,3-10H2,1-2H3. The molecular formula is C12H25N3O. The molecular weight excluding hydrogens is 202 g/mol. The molecule has 0 aromatic rings. The number of nitrogens with zero attached hydrogens (tertiary/aromatic N) is 2. The fourth-order valence-corrected chi connectivity index (χ4v) is 2.70. The highest BCUT2D eigenvalue weighted by molar-refractivity contribution is 4.82. The van der Waals surface area contributed by atoms with Crippen LogP contribution in [-0.2, 0) is 4.74 Å². The molecule has 1 N–H and O–H groups in total. The third-order valence-corrected chi connectivity index (χ3v) is 3.41. The zero-order chi connectivity index (χ0) is 11.4. The van der Waals surface area contributed by atoms with Gasteiger partial charge >= 0.3 is 0 Å². The normalized spacial score (nSPS) is 32.4. The van der Waals surface area contributed by atoms with Crippen LogP contribution in [0.4, 0.5) is 0 Å². The summed E-state index contributed by atoms with van der Waals surface area (Å²) in [6, 6.07) is 0.616. The third kappa shape index (κ3) is 3.70. The highest BCUT2D eigenvalue weighted by Gasteiger charge is 2.24. The average Bonchev–Trinajstić information content (AvgIpc) is 2.70. The minimum atomic E-state index is 0.498. The Morgan fingerprint density at radius 3 is 3.00 bits per heavy atom. The van der Waals surface area contributed by atoms with Gasteiger partial charge in [0.2, 0.25) is 0 Å². The quantitative estimate of drug-likeness (QED) is 0.732. The van der Waals surface area contributed by atoms with E-state index in [9.17, 15) is 0 Å². The predicted molar refractivity (Wildman–Crippen MR) is 65.8 cm³/mol. The van der Waals surface area contributed by atoms with Crippen molar-refractivity contribution in [3.05, 3.63) is 0 Å². The van der Waals surface area contributed by atoms with Crippen molar-refractivity contribution < 1.29 is 4.74 Å². The molecule has 2 heterocycles. The van der Waals surface area contributed by atoms with Crippen LogP contribution in [0.25, 0.3) is 0 Å². The zero-order valence-electron chi connectivity index (χ0n) is 10.6. The lowest BCUT2D eigenvalue weighted by Crippen LogP contribution is -2.55. The molecule has 0 amide bonds. The Labute approximate surface area is 98.9 Å². The fraction of sp³-hybridized carbons (Fsp3) is 1.00. The van der Waals surface area contributed by atoms with E-state index in [1.165, 1.54) is 19.4 Å². The highest BCUT2D eigenvalue weighted by atomic mass is 16.5. The van der Waals surface area contributed by atoms with Crippen LogP contribution in [0.15, 0.2) is 0 Å². The lowest BCUT2D eigenvalue weighted by Gasteiger charge is -2.36. The van der Waals surface area contributed by atoms with Gasteiger partial charge in [0.25, 0.3) is 0 Å². The number of rotatable bonds is 4. The lowest BCUT2D eigenvalue weighted by atomic mass is 10.1. The average molecular weight is 227 g/mol. The van der Waals surface area contributed by atoms with Crippen LogP contribution in [-0.4, -0.2) is 75.4 Å². The van der Waals surface area contributed by atoms with Gasteiger partial charge in [0.15, 0.2) is 0 Å². The number of likely N-dealkylation sites (N-methyl/N-ethyl adjacent to an activating group) is 1. The maximum Gasteiger partial charge on any atom is 0.0702 e. The first-order chi connectivity index (χ1) is 7.74. The predicted octanol–water partition coefficient (Wildman–Crippen LogP) is 0.000800. The van der Waals surface area contributed by atoms with Gasteiger partial charge in [-0.2, -0.15) is 0 Å². The van der Waals surface area contributed by atoms with E-state index in [-0.39, 0.29) is 0 Å². The molecule has 16 heavy (non-hydrogen) atoms. The van der Waals surface area contributed by atoms with Gasteiger partial charge < -0.3 is 15.0 Å². The second-order valence-corrected chi connectivity index (χ2v) is 5.31. The van der Waals surface area contributed by atoms with E-state index in [0.29, 0.717) is 12.1 Å². The molecule has 0 saturated carbocycles. The van der Waals surface area contributed by atoms with Crippen molar-refractivity contribution in [1.29, 1.82) is 0 Å². The zero-order valence-corrected chi connectivity index (χ0v) is 10.6. The second-order valence-electron chi connectivity index (χ2n) is 5.31. The molecule has 0 radical (unpaired) electrons. The summed E-state index contributed by atoms with van der Waals surface area (Å²) in [6.45, 7) is 6.68. The molecule has 0 bridgehead atoms. The molecule has 2 atom stereocenters. The molecule has 2 unspecified atom stereocenters. The summed E-state index contributed by atoms with van der Waals surface area (Å²) < 4.78 is 5.70. The number of piperazine rings is 1. The smallest absolute Gasteiger partial charge is 0.0702 e. The molecule has 94 valence electrons. The van der Waals surface area contributed by atoms with Gasteiger partial charge in [-0.1, -0.05) is 0 Å². The van der Waals surface area contributed by atoms with Crippen molar-refractivity contribution >= 4 is 0 Å². The minimum absolute atomic E-state index is 0.498. The summed E-state index contributed by atoms with van der Waals surface area (Å²) in [5.41, 5.74) is 0. The van der Waals surface area contributed by atoms with Crippen LogP contribution < -0.4 is 5.32 Å². The summed E-state index contributed by atoms with van der Waals surface area (Å²) in [4.78, 5) is 4.81. The van der Waals surface area contributed by atoms with Crippen molar-refractivity contribution in [1.82, 2.24) is 15.1 Å². The summed E-state index contributed by atoms with van der Waals surface area (Å²) in [7, 11) is 4.28. The van der Waals surface area contributed by atoms with Gasteiger partial charge in [-0.3, -0.25) is 4.90 Å². The molecule has 2 rings (SSSR count). The van der Waals surface area contributed by atoms with Gasteiger partial charge in [0.05, 0.1) is 6.10 Å². The Hall–Kier alpha value is -0.160. The van der Waals surface area contributed by atoms with Crippen LogP contribution in [0.3, 0.4) is 0 Å². The van der Waals surface area contributed by atoms with Crippen LogP contribution in [0.1, 0.15) is 12.8 Å². The van der Waals surface area contributed by atoms with Gasteiger partial charge in [-0.25, -0.2) is 0 Å². The second kappa shape index (κ2) is 5.96. The van der Waals surface area contributed by atoms with E-state index in [1.807, 2.05) is 0 Å². The van der Waals surface area contributed by atoms with E-state index in [0.717, 1.165) is 32.8 Å². The topological polar surface area (TPSA) is 27.7 Å². The molecule has 4 heteroatoms. The summed E-state index contributed by atoms with van der Waals surface area (Å²) in [5, 5.41) is 3.58. The number of hydrogen-bond donors (Lipinski definition) is 1. The van der Waals surface area contributed by atoms with Crippen molar-refractivity contribution in [2.45, 2.75) is 25.0 Å². The largest absolute Gasteiger partial charge is 0.377 e. The fourth-order valence-electron chi connectivity index (χ4n) is 2.70. The SMILES string of the molecule is CN(C)CC1CN(CC2CCCO2)CCN1. The van der Waals surface area contributed by atoms with Crippen molar-refractivity contribution in [3.63, 3.8) is 0 Å². The van der Waals surface area contributed by atoms with Crippen LogP contribution in [0.2, 0.25) is 0 Å². The first-order valence-electron chi connectivity index (χ1n) is 6.46. The molecule has 0 aromatic heterocycles. The molecule has 0 aromatic carbocycles. The van der Waals surface area contributed by atoms with Gasteiger partial charge in [0, 0.05) is 45.4 Å². The molecule has 0 spiro atoms. The van der Waals surface area contributed by atoms with Gasteiger partial charge in [-0.05, 0) is 26.9 Å². The van der Waals surface area contributed by atoms with E-state index in [2.05, 4.69) is 29.2 Å². The van der Waals surface area contributed by atoms with E-state index >= 15 is 0 Å². The number of nitrogens with one attached hydrogen (secondary N) is 1. The molecule has 2 aliphatic rings. The Balaban J connectivity index is 1.72. The van der Waals surface area contributed by atoms with Gasteiger partial charge in [-0.15, -0.1) is 0 Å². The molecule has 2 saturated heterocycles. The number of hydrogen-bond acceptors (Lipinski definition) is 4. The van der Waals surface area contributed by atoms with Crippen LogP contribution >= 0.6 is 0 Å². The monoisotopic (exact) mass is 227 g/mol. The van der Waals surface area contributed by atoms with Crippen molar-refractivity contribution in [2.24, 2.45) is 0 Å². The third-order valence-electron chi connectivity index (χ3n) is 3.41. The van der Waals surface area contributed by atoms with Crippen molar-refractivity contribution in [3.8, 4) is 0 Å². The number of ether oxygens (including phenoxy) is 1. The maximum absolute atomic E-state index is 5.70. The first kappa shape index (κ1) is 12.3.